The van der Waals surface area contributed by atoms with E-state index in [9.17, 15) is 9.90 Å². The number of rotatable bonds is 4. The van der Waals surface area contributed by atoms with E-state index in [0.29, 0.717) is 23.9 Å². The second-order valence-electron chi connectivity index (χ2n) is 7.16. The van der Waals surface area contributed by atoms with Crippen molar-refractivity contribution >= 4 is 5.91 Å². The van der Waals surface area contributed by atoms with Crippen LogP contribution in [0.1, 0.15) is 32.1 Å². The number of amides is 1. The van der Waals surface area contributed by atoms with Crippen molar-refractivity contribution < 1.29 is 9.90 Å². The third-order valence-electron chi connectivity index (χ3n) is 5.84. The van der Waals surface area contributed by atoms with Crippen LogP contribution in [0.15, 0.2) is 0 Å². The van der Waals surface area contributed by atoms with Gasteiger partial charge in [0.25, 0.3) is 0 Å². The molecule has 1 saturated carbocycles. The van der Waals surface area contributed by atoms with Crippen LogP contribution in [0.3, 0.4) is 0 Å². The van der Waals surface area contributed by atoms with Crippen molar-refractivity contribution in [1.29, 1.82) is 0 Å². The standard InChI is InChI=1S/C16H29N3O2/c1-18-8-2-13(3-9-18)19(10-11-20)15(21)14-12-16(14)4-6-17-7-5-16/h13-14,17,20H,2-12H2,1H3. The molecule has 1 atom stereocenters. The summed E-state index contributed by atoms with van der Waals surface area (Å²) < 4.78 is 0. The molecule has 5 nitrogen and oxygen atoms in total. The van der Waals surface area contributed by atoms with Crippen LogP contribution in [0.4, 0.5) is 0 Å². The van der Waals surface area contributed by atoms with E-state index in [-0.39, 0.29) is 12.5 Å². The Balaban J connectivity index is 1.62. The number of carbonyl (C=O) groups is 1. The number of nitrogens with one attached hydrogen (secondary N) is 1. The molecule has 2 N–H and O–H groups in total. The van der Waals surface area contributed by atoms with E-state index < -0.39 is 0 Å². The van der Waals surface area contributed by atoms with E-state index >= 15 is 0 Å². The molecule has 120 valence electrons. The minimum absolute atomic E-state index is 0.0827. The number of aliphatic hydroxyl groups excluding tert-OH is 1. The van der Waals surface area contributed by atoms with Crippen molar-refractivity contribution in [1.82, 2.24) is 15.1 Å². The molecule has 21 heavy (non-hydrogen) atoms. The summed E-state index contributed by atoms with van der Waals surface area (Å²) in [5.41, 5.74) is 0.293. The molecule has 5 heteroatoms. The number of carbonyl (C=O) groups excluding carboxylic acids is 1. The molecule has 0 aromatic heterocycles. The molecule has 0 bridgehead atoms. The first-order valence-electron chi connectivity index (χ1n) is 8.47. The molecule has 1 amide bonds. The Morgan fingerprint density at radius 1 is 1.33 bits per heavy atom. The van der Waals surface area contributed by atoms with Gasteiger partial charge in [0.15, 0.2) is 0 Å². The fraction of sp³-hybridized carbons (Fsp3) is 0.938. The van der Waals surface area contributed by atoms with E-state index in [1.807, 2.05) is 4.90 Å². The van der Waals surface area contributed by atoms with Gasteiger partial charge >= 0.3 is 0 Å². The van der Waals surface area contributed by atoms with Gasteiger partial charge in [-0.1, -0.05) is 0 Å². The zero-order valence-corrected chi connectivity index (χ0v) is 13.2. The highest BCUT2D eigenvalue weighted by molar-refractivity contribution is 5.83. The van der Waals surface area contributed by atoms with Crippen molar-refractivity contribution in [3.8, 4) is 0 Å². The maximum Gasteiger partial charge on any atom is 0.226 e. The molecule has 2 heterocycles. The molecule has 1 unspecified atom stereocenters. The van der Waals surface area contributed by atoms with Crippen molar-refractivity contribution in [3.63, 3.8) is 0 Å². The topological polar surface area (TPSA) is 55.8 Å². The molecule has 2 aliphatic heterocycles. The lowest BCUT2D eigenvalue weighted by molar-refractivity contribution is -0.137. The van der Waals surface area contributed by atoms with Crippen LogP contribution in [-0.4, -0.2) is 73.2 Å². The van der Waals surface area contributed by atoms with Gasteiger partial charge in [-0.2, -0.15) is 0 Å². The zero-order valence-electron chi connectivity index (χ0n) is 13.2. The van der Waals surface area contributed by atoms with Crippen LogP contribution in [0, 0.1) is 11.3 Å². The molecule has 0 aromatic rings. The van der Waals surface area contributed by atoms with Crippen LogP contribution < -0.4 is 5.32 Å². The van der Waals surface area contributed by atoms with E-state index in [1.165, 1.54) is 0 Å². The van der Waals surface area contributed by atoms with Crippen LogP contribution in [0.2, 0.25) is 0 Å². The summed E-state index contributed by atoms with van der Waals surface area (Å²) in [6.07, 6.45) is 5.45. The summed E-state index contributed by atoms with van der Waals surface area (Å²) in [7, 11) is 2.14. The third kappa shape index (κ3) is 3.10. The summed E-state index contributed by atoms with van der Waals surface area (Å²) in [6.45, 7) is 4.81. The Hall–Kier alpha value is -0.650. The van der Waals surface area contributed by atoms with Crippen LogP contribution in [-0.2, 0) is 4.79 Å². The predicted molar refractivity (Wildman–Crippen MR) is 82.0 cm³/mol. The molecule has 2 saturated heterocycles. The summed E-state index contributed by atoms with van der Waals surface area (Å²) in [5.74, 6) is 0.548. The Morgan fingerprint density at radius 2 is 2.00 bits per heavy atom. The smallest absolute Gasteiger partial charge is 0.226 e. The molecule has 3 fully saturated rings. The number of nitrogens with zero attached hydrogens (tertiary/aromatic N) is 2. The van der Waals surface area contributed by atoms with E-state index in [2.05, 4.69) is 17.3 Å². The number of hydrogen-bond acceptors (Lipinski definition) is 4. The maximum absolute atomic E-state index is 12.9. The number of likely N-dealkylation sites (tertiary alicyclic amines) is 1. The van der Waals surface area contributed by atoms with Gasteiger partial charge < -0.3 is 20.2 Å². The monoisotopic (exact) mass is 295 g/mol. The highest BCUT2D eigenvalue weighted by Gasteiger charge is 2.58. The second-order valence-corrected chi connectivity index (χ2v) is 7.16. The number of hydrogen-bond donors (Lipinski definition) is 2. The molecule has 1 spiro atoms. The van der Waals surface area contributed by atoms with Crippen LogP contribution in [0.25, 0.3) is 0 Å². The van der Waals surface area contributed by atoms with Crippen molar-refractivity contribution in [2.75, 3.05) is 46.4 Å². The first-order valence-corrected chi connectivity index (χ1v) is 8.47. The number of aliphatic hydroxyl groups is 1. The first-order chi connectivity index (χ1) is 10.2. The largest absolute Gasteiger partial charge is 0.395 e. The minimum atomic E-state index is 0.0827. The molecule has 3 rings (SSSR count). The van der Waals surface area contributed by atoms with Gasteiger partial charge in [0.1, 0.15) is 0 Å². The van der Waals surface area contributed by atoms with Gasteiger partial charge in [0, 0.05) is 18.5 Å². The summed E-state index contributed by atoms with van der Waals surface area (Å²) in [5, 5.41) is 12.7. The van der Waals surface area contributed by atoms with Crippen LogP contribution >= 0.6 is 0 Å². The number of piperidine rings is 2. The van der Waals surface area contributed by atoms with Gasteiger partial charge in [-0.25, -0.2) is 0 Å². The van der Waals surface area contributed by atoms with E-state index in [0.717, 1.165) is 58.3 Å². The van der Waals surface area contributed by atoms with E-state index in [4.69, 9.17) is 0 Å². The highest BCUT2D eigenvalue weighted by atomic mass is 16.3. The summed E-state index contributed by atoms with van der Waals surface area (Å²) >= 11 is 0. The van der Waals surface area contributed by atoms with Gasteiger partial charge in [-0.05, 0) is 70.7 Å². The Kier molecular flexibility index (Phi) is 4.52. The normalized spacial score (nSPS) is 29.5. The molecule has 1 aliphatic carbocycles. The van der Waals surface area contributed by atoms with Crippen molar-refractivity contribution in [2.24, 2.45) is 11.3 Å². The molecular weight excluding hydrogens is 266 g/mol. The lowest BCUT2D eigenvalue weighted by atomic mass is 9.91. The summed E-state index contributed by atoms with van der Waals surface area (Å²) in [6, 6.07) is 0.334. The fourth-order valence-electron chi connectivity index (χ4n) is 4.26. The second kappa shape index (κ2) is 6.23. The minimum Gasteiger partial charge on any atom is -0.395 e. The van der Waals surface area contributed by atoms with Gasteiger partial charge in [0.05, 0.1) is 6.61 Å². The van der Waals surface area contributed by atoms with Gasteiger partial charge in [-0.3, -0.25) is 4.79 Å². The Labute approximate surface area is 127 Å². The average Bonchev–Trinajstić information content (AvgIpc) is 3.19. The summed E-state index contributed by atoms with van der Waals surface area (Å²) in [4.78, 5) is 17.3. The van der Waals surface area contributed by atoms with Crippen molar-refractivity contribution in [3.05, 3.63) is 0 Å². The Bertz CT molecular complexity index is 374. The zero-order chi connectivity index (χ0) is 14.9. The van der Waals surface area contributed by atoms with Crippen LogP contribution in [0.5, 0.6) is 0 Å². The Morgan fingerprint density at radius 3 is 2.62 bits per heavy atom. The average molecular weight is 295 g/mol. The highest BCUT2D eigenvalue weighted by Crippen LogP contribution is 2.59. The van der Waals surface area contributed by atoms with E-state index in [1.54, 1.807) is 0 Å². The molecule has 0 aromatic carbocycles. The van der Waals surface area contributed by atoms with Gasteiger partial charge in [-0.15, -0.1) is 0 Å². The quantitative estimate of drug-likeness (QED) is 0.783. The fourth-order valence-corrected chi connectivity index (χ4v) is 4.26. The lowest BCUT2D eigenvalue weighted by Gasteiger charge is -2.38. The maximum atomic E-state index is 12.9. The molecular formula is C16H29N3O2. The lowest BCUT2D eigenvalue weighted by Crippen LogP contribution is -2.49. The molecule has 3 aliphatic rings. The van der Waals surface area contributed by atoms with Crippen molar-refractivity contribution in [2.45, 2.75) is 38.1 Å². The first kappa shape index (κ1) is 15.3. The van der Waals surface area contributed by atoms with Gasteiger partial charge in [0.2, 0.25) is 5.91 Å². The SMILES string of the molecule is CN1CCC(N(CCO)C(=O)C2CC23CCNCC3)CC1. The molecule has 0 radical (unpaired) electrons. The predicted octanol–water partition coefficient (Wildman–Crippen LogP) is 0.291. The third-order valence-corrected chi connectivity index (χ3v) is 5.84.